The summed E-state index contributed by atoms with van der Waals surface area (Å²) in [5, 5.41) is 36.9. The Bertz CT molecular complexity index is 2520. The Labute approximate surface area is 320 Å². The fourth-order valence-corrected chi connectivity index (χ4v) is 8.97. The number of nitro groups is 1. The lowest BCUT2D eigenvalue weighted by molar-refractivity contribution is -0.384. The molecule has 0 spiro atoms. The Morgan fingerprint density at radius 2 is 1.87 bits per heavy atom. The molecule has 0 radical (unpaired) electrons. The highest BCUT2D eigenvalue weighted by Gasteiger charge is 2.40. The van der Waals surface area contributed by atoms with Crippen LogP contribution >= 0.6 is 11.6 Å². The van der Waals surface area contributed by atoms with E-state index in [-0.39, 0.29) is 29.3 Å². The Hall–Kier alpha value is -5.47. The van der Waals surface area contributed by atoms with Crippen molar-refractivity contribution in [2.75, 3.05) is 31.5 Å². The first-order chi connectivity index (χ1) is 26.6. The van der Waals surface area contributed by atoms with E-state index in [1.165, 1.54) is 0 Å². The summed E-state index contributed by atoms with van der Waals surface area (Å²) < 4.78 is 6.21. The largest absolute Gasteiger partial charge is 0.481 e. The molecule has 9 rings (SSSR count). The first kappa shape index (κ1) is 35.2. The monoisotopic (exact) mass is 759 g/mol. The Morgan fingerprint density at radius 3 is 2.65 bits per heavy atom. The van der Waals surface area contributed by atoms with Crippen molar-refractivity contribution >= 4 is 56.8 Å². The zero-order valence-corrected chi connectivity index (χ0v) is 30.8. The van der Waals surface area contributed by atoms with Crippen LogP contribution in [0.4, 0.5) is 17.2 Å². The molecule has 2 aliphatic heterocycles. The zero-order chi connectivity index (χ0) is 38.0. The van der Waals surface area contributed by atoms with Gasteiger partial charge >= 0.3 is 11.7 Å². The topological polar surface area (TPSA) is 171 Å². The van der Waals surface area contributed by atoms with Crippen LogP contribution in [-0.2, 0) is 17.8 Å². The van der Waals surface area contributed by atoms with Gasteiger partial charge in [-0.2, -0.15) is 0 Å². The number of aromatic nitrogens is 3. The molecule has 0 unspecified atom stereocenters. The predicted molar refractivity (Wildman–Crippen MR) is 208 cm³/mol. The molecule has 3 aromatic heterocycles. The number of nitro benzene ring substituents is 1. The van der Waals surface area contributed by atoms with Gasteiger partial charge in [-0.15, -0.1) is 0 Å². The molecule has 3 aromatic carbocycles. The van der Waals surface area contributed by atoms with E-state index in [2.05, 4.69) is 26.2 Å². The summed E-state index contributed by atoms with van der Waals surface area (Å²) in [5.41, 5.74) is 7.47. The number of β-amino-alcohol motifs (C(OH)–C–C–N with tert-alkyl or cyclic N) is 1. The lowest BCUT2D eigenvalue weighted by Crippen LogP contribution is -2.26. The normalized spacial score (nSPS) is 20.1. The van der Waals surface area contributed by atoms with Crippen molar-refractivity contribution in [1.82, 2.24) is 24.8 Å². The first-order valence-electron chi connectivity index (χ1n) is 18.5. The molecule has 0 amide bonds. The smallest absolute Gasteiger partial charge is 0.317 e. The molecule has 3 N–H and O–H groups in total. The minimum absolute atomic E-state index is 0.0937. The number of carboxylic acid groups (broad SMARTS) is 1. The second-order valence-electron chi connectivity index (χ2n) is 14.8. The summed E-state index contributed by atoms with van der Waals surface area (Å²) in [5.74, 6) is -0.464. The summed E-state index contributed by atoms with van der Waals surface area (Å²) in [7, 11) is 0. The van der Waals surface area contributed by atoms with Gasteiger partial charge in [-0.05, 0) is 91.7 Å². The third-order valence-corrected chi connectivity index (χ3v) is 11.8. The van der Waals surface area contributed by atoms with E-state index in [0.29, 0.717) is 66.4 Å². The number of pyridine rings is 2. The number of rotatable bonds is 9. The molecule has 6 aromatic rings. The summed E-state index contributed by atoms with van der Waals surface area (Å²) >= 11 is 7.15. The van der Waals surface area contributed by atoms with Gasteiger partial charge in [0.25, 0.3) is 0 Å². The molecule has 13 nitrogen and oxygen atoms in total. The minimum atomic E-state index is -0.815. The minimum Gasteiger partial charge on any atom is -0.481 e. The predicted octanol–water partition coefficient (Wildman–Crippen LogP) is 7.68. The fraction of sp³-hybridized carbons (Fsp3) is 0.317. The lowest BCUT2D eigenvalue weighted by atomic mass is 9.97. The number of anilines is 2. The highest BCUT2D eigenvalue weighted by Crippen LogP contribution is 2.47. The molecular formula is C41H38ClN7O6. The molecule has 280 valence electrons. The number of halogens is 1. The molecule has 0 saturated carbocycles. The molecule has 5 heterocycles. The highest BCUT2D eigenvalue weighted by molar-refractivity contribution is 6.36. The Kier molecular flexibility index (Phi) is 8.96. The van der Waals surface area contributed by atoms with Gasteiger partial charge < -0.3 is 19.9 Å². The maximum atomic E-state index is 12.5. The molecule has 3 aliphatic rings. The molecular weight excluding hydrogens is 722 g/mol. The van der Waals surface area contributed by atoms with Crippen molar-refractivity contribution in [3.8, 4) is 22.6 Å². The number of carboxylic acids is 1. The number of oxazole rings is 1. The number of fused-ring (bicyclic) bond motifs is 3. The number of aliphatic carboxylic acids is 1. The summed E-state index contributed by atoms with van der Waals surface area (Å²) in [6.07, 6.45) is 5.85. The van der Waals surface area contributed by atoms with Crippen molar-refractivity contribution in [3.63, 3.8) is 0 Å². The third-order valence-electron chi connectivity index (χ3n) is 11.4. The van der Waals surface area contributed by atoms with E-state index < -0.39 is 16.8 Å². The van der Waals surface area contributed by atoms with Crippen LogP contribution in [0.5, 0.6) is 0 Å². The second-order valence-corrected chi connectivity index (χ2v) is 15.2. The van der Waals surface area contributed by atoms with Crippen molar-refractivity contribution in [1.29, 1.82) is 0 Å². The van der Waals surface area contributed by atoms with Gasteiger partial charge in [-0.25, -0.2) is 9.97 Å². The lowest BCUT2D eigenvalue weighted by Gasteiger charge is -2.24. The Balaban J connectivity index is 1.02. The van der Waals surface area contributed by atoms with Gasteiger partial charge in [0.2, 0.25) is 11.5 Å². The molecule has 3 atom stereocenters. The number of aliphatic hydroxyl groups excluding tert-OH is 1. The standard InChI is InChI=1S/C41H38ClN7O6/c1-22-27(4-3-7-32(22)45-39-36-24(10-13-43-39)16-23(18-44-36)19-47-14-12-26(50)21-47)28-5-2-6-30(35(28)42)40-46-33-17-31-29(37(49(53)54)38(33)55-40)8-9-34(31)48-15-11-25(20-48)41(51)52/h2-7,10,13,16-18,25-26,34,50H,8-9,11-12,14-15,19-21H2,1H3,(H,43,45)(H,51,52)/t25-,26-,34-/m1/s1. The maximum Gasteiger partial charge on any atom is 0.317 e. The van der Waals surface area contributed by atoms with Crippen molar-refractivity contribution < 1.29 is 24.3 Å². The van der Waals surface area contributed by atoms with Gasteiger partial charge in [-0.1, -0.05) is 35.9 Å². The summed E-state index contributed by atoms with van der Waals surface area (Å²) in [6, 6.07) is 17.3. The van der Waals surface area contributed by atoms with Crippen LogP contribution in [-0.4, -0.2) is 78.1 Å². The molecule has 0 bridgehead atoms. The quantitative estimate of drug-likeness (QED) is 0.0972. The fourth-order valence-electron chi connectivity index (χ4n) is 8.66. The number of aliphatic hydroxyl groups is 1. The average Bonchev–Trinajstić information content (AvgIpc) is 3.98. The van der Waals surface area contributed by atoms with E-state index >= 15 is 0 Å². The summed E-state index contributed by atoms with van der Waals surface area (Å²) in [6.45, 7) is 5.29. The van der Waals surface area contributed by atoms with Gasteiger partial charge in [0.15, 0.2) is 5.82 Å². The number of benzene rings is 3. The number of carbonyl (C=O) groups is 1. The molecule has 2 saturated heterocycles. The SMILES string of the molecule is Cc1c(Nc2nccc3cc(CN4CC[C@@H](O)C4)cnc23)cccc1-c1cccc(-c2nc3cc4c(c([N+](=O)[O-])c3o2)CC[C@H]4N2CC[C@@H](C(=O)O)C2)c1Cl. The van der Waals surface area contributed by atoms with Crippen LogP contribution < -0.4 is 5.32 Å². The van der Waals surface area contributed by atoms with Crippen LogP contribution in [0, 0.1) is 23.0 Å². The number of likely N-dealkylation sites (tertiary alicyclic amines) is 2. The number of hydrogen-bond acceptors (Lipinski definition) is 11. The Morgan fingerprint density at radius 1 is 1.05 bits per heavy atom. The van der Waals surface area contributed by atoms with Crippen molar-refractivity contribution in [2.24, 2.45) is 5.92 Å². The number of hydrogen-bond donors (Lipinski definition) is 3. The van der Waals surface area contributed by atoms with Crippen LogP contribution in [0.1, 0.15) is 47.6 Å². The first-order valence-corrected chi connectivity index (χ1v) is 18.9. The molecule has 14 heteroatoms. The molecule has 1 aliphatic carbocycles. The average molecular weight is 760 g/mol. The van der Waals surface area contributed by atoms with E-state index in [9.17, 15) is 25.1 Å². The van der Waals surface area contributed by atoms with Crippen LogP contribution in [0.2, 0.25) is 5.02 Å². The maximum absolute atomic E-state index is 12.5. The van der Waals surface area contributed by atoms with Crippen molar-refractivity contribution in [2.45, 2.75) is 51.3 Å². The van der Waals surface area contributed by atoms with Crippen LogP contribution in [0.25, 0.3) is 44.6 Å². The van der Waals surface area contributed by atoms with E-state index in [1.54, 1.807) is 12.3 Å². The van der Waals surface area contributed by atoms with Gasteiger partial charge in [0, 0.05) is 66.8 Å². The van der Waals surface area contributed by atoms with Crippen LogP contribution in [0.15, 0.2) is 71.4 Å². The van der Waals surface area contributed by atoms with E-state index in [1.807, 2.05) is 55.6 Å². The molecule has 55 heavy (non-hydrogen) atoms. The number of nitrogens with one attached hydrogen (secondary N) is 1. The van der Waals surface area contributed by atoms with Gasteiger partial charge in [0.05, 0.1) is 27.5 Å². The van der Waals surface area contributed by atoms with E-state index in [0.717, 1.165) is 63.9 Å². The molecule has 2 fully saturated rings. The van der Waals surface area contributed by atoms with Crippen molar-refractivity contribution in [3.05, 3.63) is 104 Å². The van der Waals surface area contributed by atoms with Crippen LogP contribution in [0.3, 0.4) is 0 Å². The summed E-state index contributed by atoms with van der Waals surface area (Å²) in [4.78, 5) is 42.3. The zero-order valence-electron chi connectivity index (χ0n) is 30.0. The second kappa shape index (κ2) is 14.0. The van der Waals surface area contributed by atoms with Gasteiger partial charge in [0.1, 0.15) is 11.0 Å². The van der Waals surface area contributed by atoms with Gasteiger partial charge in [-0.3, -0.25) is 29.7 Å². The number of nitrogens with zero attached hydrogens (tertiary/aromatic N) is 6. The third kappa shape index (κ3) is 6.36. The van der Waals surface area contributed by atoms with E-state index in [4.69, 9.17) is 26.0 Å². The highest BCUT2D eigenvalue weighted by atomic mass is 35.5.